The van der Waals surface area contributed by atoms with Crippen molar-refractivity contribution in [3.8, 4) is 6.07 Å². The monoisotopic (exact) mass is 129 g/mol. The lowest BCUT2D eigenvalue weighted by atomic mass is 10.6. The Hall–Kier alpha value is -1.04. The minimum Gasteiger partial charge on any atom is -0.469 e. The first kappa shape index (κ1) is 10.9. The number of rotatable bonds is 0. The lowest BCUT2D eigenvalue weighted by molar-refractivity contribution is -0.137. The highest BCUT2D eigenvalue weighted by Gasteiger charge is 1.75. The Morgan fingerprint density at radius 2 is 2.00 bits per heavy atom. The van der Waals surface area contributed by atoms with Gasteiger partial charge in [-0.3, -0.25) is 4.79 Å². The van der Waals surface area contributed by atoms with Gasteiger partial charge in [0, 0.05) is 13.3 Å². The number of nitriles is 1. The van der Waals surface area contributed by atoms with E-state index in [2.05, 4.69) is 4.74 Å². The minimum atomic E-state index is -0.245. The van der Waals surface area contributed by atoms with Gasteiger partial charge in [-0.25, -0.2) is 0 Å². The van der Waals surface area contributed by atoms with Crippen molar-refractivity contribution >= 4 is 5.97 Å². The van der Waals surface area contributed by atoms with Crippen molar-refractivity contribution in [2.24, 2.45) is 0 Å². The molecule has 0 aliphatic carbocycles. The standard InChI is InChI=1S/C3H5N.C3H6O2/c1-2-3-4;1-3(4)5-2/h2H2,1H3;1-2H3. The predicted octanol–water partition coefficient (Wildman–Crippen LogP) is 1.10. The van der Waals surface area contributed by atoms with E-state index >= 15 is 0 Å². The van der Waals surface area contributed by atoms with Gasteiger partial charge in [0.2, 0.25) is 0 Å². The second-order valence-electron chi connectivity index (χ2n) is 1.21. The fourth-order valence-electron chi connectivity index (χ4n) is 0. The number of ether oxygens (including phenoxy) is 1. The van der Waals surface area contributed by atoms with Crippen LogP contribution in [-0.4, -0.2) is 13.1 Å². The van der Waals surface area contributed by atoms with Crippen LogP contribution in [0.2, 0.25) is 0 Å². The van der Waals surface area contributed by atoms with Crippen LogP contribution in [0.3, 0.4) is 0 Å². The van der Waals surface area contributed by atoms with Gasteiger partial charge in [-0.2, -0.15) is 5.26 Å². The summed E-state index contributed by atoms with van der Waals surface area (Å²) in [5, 5.41) is 7.62. The molecule has 0 amide bonds. The van der Waals surface area contributed by atoms with Crippen LogP contribution < -0.4 is 0 Å². The van der Waals surface area contributed by atoms with E-state index in [1.54, 1.807) is 0 Å². The summed E-state index contributed by atoms with van der Waals surface area (Å²) in [7, 11) is 1.35. The number of hydrogen-bond donors (Lipinski definition) is 0. The summed E-state index contributed by atoms with van der Waals surface area (Å²) in [4.78, 5) is 9.59. The molecule has 0 saturated heterocycles. The molecular weight excluding hydrogens is 118 g/mol. The van der Waals surface area contributed by atoms with Crippen LogP contribution >= 0.6 is 0 Å². The lowest BCUT2D eigenvalue weighted by Crippen LogP contribution is -1.88. The van der Waals surface area contributed by atoms with E-state index in [9.17, 15) is 4.79 Å². The summed E-state index contributed by atoms with van der Waals surface area (Å²) < 4.78 is 4.11. The zero-order valence-corrected chi connectivity index (χ0v) is 5.97. The Balaban J connectivity index is 0. The molecule has 0 heterocycles. The predicted molar refractivity (Wildman–Crippen MR) is 33.6 cm³/mol. The van der Waals surface area contributed by atoms with Gasteiger partial charge in [-0.15, -0.1) is 0 Å². The van der Waals surface area contributed by atoms with Crippen LogP contribution in [0.5, 0.6) is 0 Å². The van der Waals surface area contributed by atoms with Gasteiger partial charge in [-0.05, 0) is 0 Å². The van der Waals surface area contributed by atoms with Crippen molar-refractivity contribution in [2.75, 3.05) is 7.11 Å². The maximum Gasteiger partial charge on any atom is 0.302 e. The van der Waals surface area contributed by atoms with Crippen LogP contribution in [0.1, 0.15) is 20.3 Å². The largest absolute Gasteiger partial charge is 0.469 e. The Morgan fingerprint density at radius 1 is 1.78 bits per heavy atom. The third kappa shape index (κ3) is 44.6. The zero-order chi connectivity index (χ0) is 7.70. The maximum absolute atomic E-state index is 9.59. The summed E-state index contributed by atoms with van der Waals surface area (Å²) in [5.74, 6) is -0.245. The molecule has 0 fully saturated rings. The van der Waals surface area contributed by atoms with Crippen LogP contribution in [0.15, 0.2) is 0 Å². The van der Waals surface area contributed by atoms with Crippen molar-refractivity contribution in [3.05, 3.63) is 0 Å². The molecule has 0 unspecified atom stereocenters. The van der Waals surface area contributed by atoms with Gasteiger partial charge < -0.3 is 4.74 Å². The summed E-state index contributed by atoms with van der Waals surface area (Å²) in [6.45, 7) is 3.18. The molecule has 52 valence electrons. The maximum atomic E-state index is 9.59. The van der Waals surface area contributed by atoms with E-state index in [1.807, 2.05) is 13.0 Å². The highest BCUT2D eigenvalue weighted by molar-refractivity contribution is 5.65. The van der Waals surface area contributed by atoms with E-state index in [-0.39, 0.29) is 5.97 Å². The fourth-order valence-corrected chi connectivity index (χ4v) is 0. The van der Waals surface area contributed by atoms with Crippen molar-refractivity contribution in [2.45, 2.75) is 20.3 Å². The Kier molecular flexibility index (Phi) is 12.1. The van der Waals surface area contributed by atoms with E-state index < -0.39 is 0 Å². The number of carbonyl (C=O) groups excluding carboxylic acids is 1. The molecule has 9 heavy (non-hydrogen) atoms. The van der Waals surface area contributed by atoms with Crippen molar-refractivity contribution in [1.29, 1.82) is 5.26 Å². The van der Waals surface area contributed by atoms with Gasteiger partial charge in [0.25, 0.3) is 0 Å². The molecule has 0 aliphatic rings. The van der Waals surface area contributed by atoms with Gasteiger partial charge in [0.15, 0.2) is 0 Å². The minimum absolute atomic E-state index is 0.245. The molecule has 3 nitrogen and oxygen atoms in total. The summed E-state index contributed by atoms with van der Waals surface area (Å²) in [5.41, 5.74) is 0. The molecule has 3 heteroatoms. The van der Waals surface area contributed by atoms with Crippen molar-refractivity contribution in [3.63, 3.8) is 0 Å². The quantitative estimate of drug-likeness (QED) is 0.460. The normalized spacial score (nSPS) is 6.00. The van der Waals surface area contributed by atoms with Crippen LogP contribution in [-0.2, 0) is 9.53 Å². The SMILES string of the molecule is CCC#N.COC(C)=O. The molecule has 0 aromatic rings. The molecule has 0 atom stereocenters. The smallest absolute Gasteiger partial charge is 0.302 e. The molecule has 0 spiro atoms. The molecule has 0 rings (SSSR count). The van der Waals surface area contributed by atoms with E-state index in [4.69, 9.17) is 5.26 Å². The van der Waals surface area contributed by atoms with Crippen LogP contribution in [0.4, 0.5) is 0 Å². The second-order valence-corrected chi connectivity index (χ2v) is 1.21. The van der Waals surface area contributed by atoms with E-state index in [0.29, 0.717) is 6.42 Å². The first-order valence-corrected chi connectivity index (χ1v) is 2.60. The third-order valence-corrected chi connectivity index (χ3v) is 0.446. The third-order valence-electron chi connectivity index (χ3n) is 0.446. The summed E-state index contributed by atoms with van der Waals surface area (Å²) in [6.07, 6.45) is 0.625. The molecular formula is C6H11NO2. The molecule has 0 aliphatic heterocycles. The molecule has 0 saturated carbocycles. The Bertz CT molecular complexity index is 104. The number of nitrogens with zero attached hydrogens (tertiary/aromatic N) is 1. The van der Waals surface area contributed by atoms with Gasteiger partial charge in [0.05, 0.1) is 13.2 Å². The number of esters is 1. The average Bonchev–Trinajstić information content (AvgIpc) is 1.89. The summed E-state index contributed by atoms with van der Waals surface area (Å²) >= 11 is 0. The molecule has 0 N–H and O–H groups in total. The molecule has 0 aromatic carbocycles. The first-order valence-electron chi connectivity index (χ1n) is 2.60. The Morgan fingerprint density at radius 3 is 2.00 bits per heavy atom. The molecule has 0 aromatic heterocycles. The van der Waals surface area contributed by atoms with Gasteiger partial charge >= 0.3 is 5.97 Å². The number of hydrogen-bond acceptors (Lipinski definition) is 3. The highest BCUT2D eigenvalue weighted by Crippen LogP contribution is 1.60. The number of methoxy groups -OCH3 is 1. The van der Waals surface area contributed by atoms with Crippen molar-refractivity contribution in [1.82, 2.24) is 0 Å². The van der Waals surface area contributed by atoms with Crippen LogP contribution in [0.25, 0.3) is 0 Å². The average molecular weight is 129 g/mol. The Labute approximate surface area is 55.2 Å². The zero-order valence-electron chi connectivity index (χ0n) is 5.97. The number of carbonyl (C=O) groups is 1. The van der Waals surface area contributed by atoms with Crippen molar-refractivity contribution < 1.29 is 9.53 Å². The molecule has 0 bridgehead atoms. The lowest BCUT2D eigenvalue weighted by Gasteiger charge is -1.80. The van der Waals surface area contributed by atoms with Gasteiger partial charge in [0.1, 0.15) is 0 Å². The van der Waals surface area contributed by atoms with E-state index in [0.717, 1.165) is 0 Å². The van der Waals surface area contributed by atoms with Crippen LogP contribution in [0, 0.1) is 11.3 Å². The fraction of sp³-hybridized carbons (Fsp3) is 0.667. The highest BCUT2D eigenvalue weighted by atomic mass is 16.5. The summed E-state index contributed by atoms with van der Waals surface area (Å²) in [6, 6.07) is 1.93. The van der Waals surface area contributed by atoms with E-state index in [1.165, 1.54) is 14.0 Å². The topological polar surface area (TPSA) is 50.1 Å². The second kappa shape index (κ2) is 10.0. The first-order chi connectivity index (χ1) is 4.18. The van der Waals surface area contributed by atoms with Gasteiger partial charge in [-0.1, -0.05) is 6.92 Å². The molecule has 0 radical (unpaired) electrons.